The zero-order valence-electron chi connectivity index (χ0n) is 8.88. The highest BCUT2D eigenvalue weighted by Crippen LogP contribution is 2.10. The minimum atomic E-state index is 0.940. The van der Waals surface area contributed by atoms with Gasteiger partial charge in [-0.25, -0.2) is 0 Å². The number of nitrogens with one attached hydrogen (secondary N) is 1. The number of rotatable bonds is 4. The van der Waals surface area contributed by atoms with E-state index in [0.29, 0.717) is 0 Å². The van der Waals surface area contributed by atoms with Gasteiger partial charge in [0.2, 0.25) is 0 Å². The van der Waals surface area contributed by atoms with E-state index in [1.165, 1.54) is 5.57 Å². The van der Waals surface area contributed by atoms with E-state index in [9.17, 15) is 0 Å². The van der Waals surface area contributed by atoms with Crippen LogP contribution < -0.4 is 5.32 Å². The summed E-state index contributed by atoms with van der Waals surface area (Å²) in [5, 5.41) is 3.24. The molecule has 0 saturated carbocycles. The van der Waals surface area contributed by atoms with Crippen molar-refractivity contribution < 1.29 is 0 Å². The van der Waals surface area contributed by atoms with Gasteiger partial charge >= 0.3 is 0 Å². The van der Waals surface area contributed by atoms with Crippen molar-refractivity contribution in [2.24, 2.45) is 0 Å². The fraction of sp³-hybridized carbons (Fsp3) is 0.231. The quantitative estimate of drug-likeness (QED) is 0.703. The molecule has 0 atom stereocenters. The molecule has 74 valence electrons. The summed E-state index contributed by atoms with van der Waals surface area (Å²) < 4.78 is 0. The monoisotopic (exact) mass is 187 g/mol. The summed E-state index contributed by atoms with van der Waals surface area (Å²) in [4.78, 5) is 0. The first kappa shape index (κ1) is 10.6. The maximum atomic E-state index is 3.95. The Hall–Kier alpha value is -1.50. The molecule has 0 aliphatic carbocycles. The normalized spacial score (nSPS) is 11.1. The first-order valence-electron chi connectivity index (χ1n) is 4.90. The largest absolute Gasteiger partial charge is 0.356 e. The van der Waals surface area contributed by atoms with Gasteiger partial charge in [-0.05, 0) is 31.6 Å². The van der Waals surface area contributed by atoms with Crippen molar-refractivity contribution in [3.63, 3.8) is 0 Å². The molecule has 1 nitrogen and oxygen atoms in total. The number of anilines is 1. The second-order valence-electron chi connectivity index (χ2n) is 3.36. The molecule has 0 aromatic heterocycles. The fourth-order valence-corrected chi connectivity index (χ4v) is 1.14. The van der Waals surface area contributed by atoms with Crippen molar-refractivity contribution in [1.82, 2.24) is 0 Å². The van der Waals surface area contributed by atoms with E-state index in [1.54, 1.807) is 0 Å². The van der Waals surface area contributed by atoms with Crippen molar-refractivity contribution in [3.05, 3.63) is 54.3 Å². The molecule has 0 radical (unpaired) electrons. The zero-order chi connectivity index (χ0) is 10.4. The summed E-state index contributed by atoms with van der Waals surface area (Å²) in [7, 11) is 0. The number of hydrogen-bond acceptors (Lipinski definition) is 1. The molecule has 0 bridgehead atoms. The molecular formula is C13H17N. The molecule has 0 aliphatic heterocycles. The highest BCUT2D eigenvalue weighted by Gasteiger charge is 1.91. The summed E-state index contributed by atoms with van der Waals surface area (Å²) >= 11 is 0. The SMILES string of the molecule is C=C(/C=C(/C)CC)Nc1ccccc1. The number of allylic oxidation sites excluding steroid dienone is 2. The van der Waals surface area contributed by atoms with Crippen LogP contribution in [0.5, 0.6) is 0 Å². The molecule has 1 aromatic carbocycles. The van der Waals surface area contributed by atoms with E-state index in [1.807, 2.05) is 30.3 Å². The van der Waals surface area contributed by atoms with E-state index in [0.717, 1.165) is 17.8 Å². The lowest BCUT2D eigenvalue weighted by Gasteiger charge is -2.06. The smallest absolute Gasteiger partial charge is 0.0384 e. The number of hydrogen-bond donors (Lipinski definition) is 1. The Bertz CT molecular complexity index is 322. The summed E-state index contributed by atoms with van der Waals surface area (Å²) in [6.45, 7) is 8.20. The van der Waals surface area contributed by atoms with Gasteiger partial charge in [0.15, 0.2) is 0 Å². The van der Waals surface area contributed by atoms with Gasteiger partial charge in [0.05, 0.1) is 0 Å². The summed E-state index contributed by atoms with van der Waals surface area (Å²) in [6, 6.07) is 10.1. The topological polar surface area (TPSA) is 12.0 Å². The van der Waals surface area contributed by atoms with Gasteiger partial charge in [-0.1, -0.05) is 37.3 Å². The second kappa shape index (κ2) is 5.28. The van der Waals surface area contributed by atoms with Gasteiger partial charge < -0.3 is 5.32 Å². The van der Waals surface area contributed by atoms with Crippen LogP contribution in [0.1, 0.15) is 20.3 Å². The van der Waals surface area contributed by atoms with Crippen molar-refractivity contribution in [3.8, 4) is 0 Å². The van der Waals surface area contributed by atoms with Crippen LogP contribution in [0.3, 0.4) is 0 Å². The molecular weight excluding hydrogens is 170 g/mol. The van der Waals surface area contributed by atoms with Crippen LogP contribution in [0.25, 0.3) is 0 Å². The molecule has 0 saturated heterocycles. The van der Waals surface area contributed by atoms with Crippen LogP contribution in [0.4, 0.5) is 5.69 Å². The van der Waals surface area contributed by atoms with Gasteiger partial charge in [-0.15, -0.1) is 0 Å². The minimum absolute atomic E-state index is 0.940. The number of para-hydroxylation sites is 1. The van der Waals surface area contributed by atoms with Gasteiger partial charge in [0.25, 0.3) is 0 Å². The molecule has 0 aliphatic rings. The van der Waals surface area contributed by atoms with Gasteiger partial charge in [-0.2, -0.15) is 0 Å². The zero-order valence-corrected chi connectivity index (χ0v) is 8.88. The Morgan fingerprint density at radius 1 is 1.36 bits per heavy atom. The fourth-order valence-electron chi connectivity index (χ4n) is 1.14. The van der Waals surface area contributed by atoms with Crippen LogP contribution in [-0.4, -0.2) is 0 Å². The number of benzene rings is 1. The van der Waals surface area contributed by atoms with Gasteiger partial charge in [0.1, 0.15) is 0 Å². The lowest BCUT2D eigenvalue weighted by molar-refractivity contribution is 1.09. The molecule has 14 heavy (non-hydrogen) atoms. The van der Waals surface area contributed by atoms with Crippen LogP contribution >= 0.6 is 0 Å². The molecule has 1 rings (SSSR count). The minimum Gasteiger partial charge on any atom is -0.356 e. The Morgan fingerprint density at radius 3 is 2.57 bits per heavy atom. The second-order valence-corrected chi connectivity index (χ2v) is 3.36. The maximum absolute atomic E-state index is 3.95. The molecule has 0 amide bonds. The lowest BCUT2D eigenvalue weighted by atomic mass is 10.2. The van der Waals surface area contributed by atoms with Gasteiger partial charge in [-0.3, -0.25) is 0 Å². The Balaban J connectivity index is 2.58. The van der Waals surface area contributed by atoms with Gasteiger partial charge in [0, 0.05) is 11.4 Å². The van der Waals surface area contributed by atoms with Crippen LogP contribution in [0, 0.1) is 0 Å². The van der Waals surface area contributed by atoms with Crippen LogP contribution in [0.15, 0.2) is 54.3 Å². The molecule has 1 N–H and O–H groups in total. The Kier molecular flexibility index (Phi) is 3.99. The molecule has 0 unspecified atom stereocenters. The van der Waals surface area contributed by atoms with Crippen molar-refractivity contribution in [2.75, 3.05) is 5.32 Å². The van der Waals surface area contributed by atoms with E-state index >= 15 is 0 Å². The summed E-state index contributed by atoms with van der Waals surface area (Å²) in [6.07, 6.45) is 3.14. The third-order valence-electron chi connectivity index (χ3n) is 2.06. The third kappa shape index (κ3) is 3.48. The summed E-state index contributed by atoms with van der Waals surface area (Å²) in [5.74, 6) is 0. The van der Waals surface area contributed by atoms with Crippen molar-refractivity contribution >= 4 is 5.69 Å². The molecule has 1 heteroatoms. The average molecular weight is 187 g/mol. The Morgan fingerprint density at radius 2 is 2.00 bits per heavy atom. The molecule has 1 aromatic rings. The molecule has 0 heterocycles. The van der Waals surface area contributed by atoms with Crippen molar-refractivity contribution in [1.29, 1.82) is 0 Å². The Labute approximate surface area is 86.2 Å². The van der Waals surface area contributed by atoms with E-state index < -0.39 is 0 Å². The predicted molar refractivity (Wildman–Crippen MR) is 63.3 cm³/mol. The highest BCUT2D eigenvalue weighted by atomic mass is 14.9. The van der Waals surface area contributed by atoms with E-state index in [-0.39, 0.29) is 0 Å². The first-order chi connectivity index (χ1) is 6.72. The van der Waals surface area contributed by atoms with E-state index in [2.05, 4.69) is 31.8 Å². The van der Waals surface area contributed by atoms with Crippen LogP contribution in [0.2, 0.25) is 0 Å². The molecule has 0 spiro atoms. The predicted octanol–water partition coefficient (Wildman–Crippen LogP) is 3.97. The standard InChI is InChI=1S/C13H17N/c1-4-11(2)10-12(3)14-13-8-6-5-7-9-13/h5-10,14H,3-4H2,1-2H3/b11-10-. The van der Waals surface area contributed by atoms with E-state index in [4.69, 9.17) is 0 Å². The lowest BCUT2D eigenvalue weighted by Crippen LogP contribution is -1.95. The van der Waals surface area contributed by atoms with Crippen molar-refractivity contribution in [2.45, 2.75) is 20.3 Å². The maximum Gasteiger partial charge on any atom is 0.0384 e. The van der Waals surface area contributed by atoms with Crippen LogP contribution in [-0.2, 0) is 0 Å². The first-order valence-corrected chi connectivity index (χ1v) is 4.90. The third-order valence-corrected chi connectivity index (χ3v) is 2.06. The summed E-state index contributed by atoms with van der Waals surface area (Å²) in [5.41, 5.74) is 3.35. The molecule has 0 fully saturated rings. The average Bonchev–Trinajstić information content (AvgIpc) is 2.19. The highest BCUT2D eigenvalue weighted by molar-refractivity contribution is 5.49.